The quantitative estimate of drug-likeness (QED) is 0.178. The Morgan fingerprint density at radius 1 is 0.561 bits per heavy atom. The Hall–Kier alpha value is -5.58. The molecule has 0 saturated heterocycles. The molecule has 11 rings (SSSR count). The van der Waals surface area contributed by atoms with E-state index >= 15 is 0 Å². The molecule has 1 aliphatic carbocycles. The molecule has 277 valence electrons. The Morgan fingerprint density at radius 2 is 1.30 bits per heavy atom. The summed E-state index contributed by atoms with van der Waals surface area (Å²) in [6, 6.07) is 48.6. The summed E-state index contributed by atoms with van der Waals surface area (Å²) in [4.78, 5) is 0. The smallest absolute Gasteiger partial charge is 0.197 e. The number of hydrogen-bond donors (Lipinski definition) is 1. The fraction of sp³-hybridized carbons (Fsp3) is 0.208. The van der Waals surface area contributed by atoms with E-state index in [1.165, 1.54) is 103 Å². The lowest BCUT2D eigenvalue weighted by Gasteiger charge is -2.27. The molecule has 3 heterocycles. The second kappa shape index (κ2) is 11.7. The van der Waals surface area contributed by atoms with E-state index in [0.717, 1.165) is 11.4 Å². The Labute approximate surface area is 340 Å². The molecule has 2 aliphatic rings. The van der Waals surface area contributed by atoms with Crippen molar-refractivity contribution in [1.29, 1.82) is 0 Å². The molecule has 1 aliphatic heterocycles. The third kappa shape index (κ3) is 5.09. The van der Waals surface area contributed by atoms with Crippen molar-refractivity contribution >= 4 is 82.9 Å². The number of nitrogens with zero attached hydrogens (tertiary/aromatic N) is 1. The van der Waals surface area contributed by atoms with Crippen LogP contribution in [0.1, 0.15) is 77.6 Å². The maximum absolute atomic E-state index is 3.96. The van der Waals surface area contributed by atoms with Crippen LogP contribution in [0.5, 0.6) is 0 Å². The van der Waals surface area contributed by atoms with Crippen LogP contribution in [0.25, 0.3) is 69.9 Å². The van der Waals surface area contributed by atoms with Crippen LogP contribution < -0.4 is 16.2 Å². The molecule has 1 radical (unpaired) electrons. The standard InChI is InChI=1S/C53H46BN2S/c1-51(2,3)30-17-20-32(21-18-30)55-44-27-37-33-13-9-11-15-41(33)53(7,8)42(37)26-38(44)35-22-23-36-39-29-48-40(34-14-10-12-16-47(34)57-48)28-46(39)56-45-24-19-31(52(4,5)6)25-43(45)54-49(35)50(36)56/h9-29,55H,1-8H3. The SMILES string of the molecule is CC(C)(C)c1ccc(Nc2cc3c(cc2-c2ccc4c5cc6sc7ccccc7c6cc5n5c4c2[B]c2cc(C(C)(C)C)ccc2-5)C(C)(C)c2ccccc2-3)cc1. The topological polar surface area (TPSA) is 17.0 Å². The van der Waals surface area contributed by atoms with E-state index < -0.39 is 0 Å². The first-order valence-corrected chi connectivity index (χ1v) is 21.2. The van der Waals surface area contributed by atoms with Crippen LogP contribution in [0, 0.1) is 0 Å². The molecule has 7 aromatic carbocycles. The minimum atomic E-state index is -0.129. The summed E-state index contributed by atoms with van der Waals surface area (Å²) < 4.78 is 5.25. The average Bonchev–Trinajstić information content (AvgIpc) is 3.79. The zero-order valence-electron chi connectivity index (χ0n) is 34.1. The minimum Gasteiger partial charge on any atom is -0.355 e. The molecule has 1 N–H and O–H groups in total. The van der Waals surface area contributed by atoms with Crippen molar-refractivity contribution in [2.45, 2.75) is 71.6 Å². The lowest BCUT2D eigenvalue weighted by Crippen LogP contribution is -2.38. The molecule has 57 heavy (non-hydrogen) atoms. The van der Waals surface area contributed by atoms with Gasteiger partial charge in [0.05, 0.1) is 5.52 Å². The second-order valence-electron chi connectivity index (χ2n) is 19.0. The Balaban J connectivity index is 1.20. The Kier molecular flexibility index (Phi) is 7.14. The van der Waals surface area contributed by atoms with Crippen LogP contribution in [0.15, 0.2) is 127 Å². The van der Waals surface area contributed by atoms with Crippen molar-refractivity contribution in [2.24, 2.45) is 0 Å². The number of nitrogens with one attached hydrogen (secondary N) is 1. The van der Waals surface area contributed by atoms with Crippen molar-refractivity contribution in [3.63, 3.8) is 0 Å². The van der Waals surface area contributed by atoms with Crippen molar-refractivity contribution in [2.75, 3.05) is 5.32 Å². The van der Waals surface area contributed by atoms with Crippen molar-refractivity contribution in [3.8, 4) is 27.9 Å². The molecule has 4 heteroatoms. The zero-order chi connectivity index (χ0) is 39.2. The number of hydrogen-bond acceptors (Lipinski definition) is 2. The molecule has 2 aromatic heterocycles. The van der Waals surface area contributed by atoms with Gasteiger partial charge in [-0.3, -0.25) is 0 Å². The predicted molar refractivity (Wildman–Crippen MR) is 249 cm³/mol. The highest BCUT2D eigenvalue weighted by Gasteiger charge is 2.37. The first-order chi connectivity index (χ1) is 27.3. The number of rotatable bonds is 3. The van der Waals surface area contributed by atoms with Crippen LogP contribution in [0.3, 0.4) is 0 Å². The molecule has 0 amide bonds. The highest BCUT2D eigenvalue weighted by molar-refractivity contribution is 7.25. The van der Waals surface area contributed by atoms with Crippen LogP contribution in [0.2, 0.25) is 0 Å². The van der Waals surface area contributed by atoms with Crippen molar-refractivity contribution < 1.29 is 0 Å². The average molecular weight is 754 g/mol. The molecule has 0 saturated carbocycles. The number of benzene rings is 7. The number of anilines is 2. The van der Waals surface area contributed by atoms with Gasteiger partial charge in [0.15, 0.2) is 7.28 Å². The molecular formula is C53H46BN2S. The summed E-state index contributed by atoms with van der Waals surface area (Å²) in [5, 5.41) is 9.22. The first-order valence-electron chi connectivity index (χ1n) is 20.3. The van der Waals surface area contributed by atoms with Gasteiger partial charge in [0.2, 0.25) is 0 Å². The summed E-state index contributed by atoms with van der Waals surface area (Å²) in [5.74, 6) is 0. The Morgan fingerprint density at radius 3 is 2.09 bits per heavy atom. The Bertz CT molecular complexity index is 3160. The predicted octanol–water partition coefficient (Wildman–Crippen LogP) is 13.4. The summed E-state index contributed by atoms with van der Waals surface area (Å²) in [5.41, 5.74) is 19.1. The molecule has 0 bridgehead atoms. The van der Waals surface area contributed by atoms with Crippen molar-refractivity contribution in [3.05, 3.63) is 150 Å². The van der Waals surface area contributed by atoms with E-state index in [2.05, 4.69) is 200 Å². The van der Waals surface area contributed by atoms with Crippen molar-refractivity contribution in [1.82, 2.24) is 4.57 Å². The number of thiophene rings is 1. The molecule has 2 nitrogen and oxygen atoms in total. The second-order valence-corrected chi connectivity index (χ2v) is 20.0. The number of fused-ring (bicyclic) bond motifs is 11. The lowest BCUT2D eigenvalue weighted by molar-refractivity contribution is 0.590. The fourth-order valence-electron chi connectivity index (χ4n) is 9.76. The monoisotopic (exact) mass is 753 g/mol. The molecular weight excluding hydrogens is 707 g/mol. The van der Waals surface area contributed by atoms with Crippen LogP contribution >= 0.6 is 11.3 Å². The van der Waals surface area contributed by atoms with E-state index in [1.807, 2.05) is 11.3 Å². The highest BCUT2D eigenvalue weighted by atomic mass is 32.1. The van der Waals surface area contributed by atoms with Gasteiger partial charge in [-0.05, 0) is 104 Å². The fourth-order valence-corrected chi connectivity index (χ4v) is 10.9. The molecule has 0 atom stereocenters. The van der Waals surface area contributed by atoms with Crippen LogP contribution in [-0.2, 0) is 16.2 Å². The van der Waals surface area contributed by atoms with Gasteiger partial charge in [0.1, 0.15) is 0 Å². The zero-order valence-corrected chi connectivity index (χ0v) is 34.9. The van der Waals surface area contributed by atoms with Gasteiger partial charge in [0, 0.05) is 64.5 Å². The number of aromatic nitrogens is 1. The van der Waals surface area contributed by atoms with E-state index in [4.69, 9.17) is 0 Å². The van der Waals surface area contributed by atoms with Gasteiger partial charge in [-0.1, -0.05) is 140 Å². The van der Waals surface area contributed by atoms with E-state index in [-0.39, 0.29) is 16.2 Å². The van der Waals surface area contributed by atoms with Crippen LogP contribution in [-0.4, -0.2) is 11.8 Å². The van der Waals surface area contributed by atoms with Crippen LogP contribution in [0.4, 0.5) is 11.4 Å². The minimum absolute atomic E-state index is 0.0265. The summed E-state index contributed by atoms with van der Waals surface area (Å²) in [6.07, 6.45) is 0. The maximum atomic E-state index is 3.96. The third-order valence-electron chi connectivity index (χ3n) is 12.9. The van der Waals surface area contributed by atoms with Gasteiger partial charge >= 0.3 is 0 Å². The molecule has 9 aromatic rings. The van der Waals surface area contributed by atoms with Gasteiger partial charge in [-0.25, -0.2) is 0 Å². The third-order valence-corrected chi connectivity index (χ3v) is 14.1. The van der Waals surface area contributed by atoms with E-state index in [0.29, 0.717) is 0 Å². The van der Waals surface area contributed by atoms with E-state index in [9.17, 15) is 0 Å². The normalized spacial score (nSPS) is 14.2. The first kappa shape index (κ1) is 34.7. The maximum Gasteiger partial charge on any atom is 0.197 e. The summed E-state index contributed by atoms with van der Waals surface area (Å²) >= 11 is 1.90. The summed E-state index contributed by atoms with van der Waals surface area (Å²) in [7, 11) is 2.48. The largest absolute Gasteiger partial charge is 0.355 e. The van der Waals surface area contributed by atoms with Gasteiger partial charge < -0.3 is 9.88 Å². The molecule has 0 spiro atoms. The van der Waals surface area contributed by atoms with E-state index in [1.54, 1.807) is 0 Å². The highest BCUT2D eigenvalue weighted by Crippen LogP contribution is 2.52. The molecule has 0 unspecified atom stereocenters. The van der Waals surface area contributed by atoms with Gasteiger partial charge in [-0.2, -0.15) is 0 Å². The summed E-state index contributed by atoms with van der Waals surface area (Å²) in [6.45, 7) is 18.5. The lowest BCUT2D eigenvalue weighted by atomic mass is 9.58. The molecule has 0 fully saturated rings. The van der Waals surface area contributed by atoms with Gasteiger partial charge in [-0.15, -0.1) is 11.3 Å². The van der Waals surface area contributed by atoms with Gasteiger partial charge in [0.25, 0.3) is 0 Å².